The molecule has 0 atom stereocenters. The molecule has 0 unspecified atom stereocenters. The Bertz CT molecular complexity index is 849. The van der Waals surface area contributed by atoms with Gasteiger partial charge in [-0.25, -0.2) is 0 Å². The lowest BCUT2D eigenvalue weighted by molar-refractivity contribution is -0.141. The van der Waals surface area contributed by atoms with Crippen LogP contribution in [-0.2, 0) is 16.1 Å². The molecular weight excluding hydrogens is 284 g/mol. The van der Waals surface area contributed by atoms with E-state index in [1.165, 1.54) is 7.11 Å². The fraction of sp³-hybridized carbons (Fsp3) is 0.133. The van der Waals surface area contributed by atoms with Crippen LogP contribution in [0.2, 0.25) is 0 Å². The summed E-state index contributed by atoms with van der Waals surface area (Å²) in [6, 6.07) is 8.80. The highest BCUT2D eigenvalue weighted by Crippen LogP contribution is 2.29. The van der Waals surface area contributed by atoms with Crippen LogP contribution in [0.4, 0.5) is 0 Å². The minimum absolute atomic E-state index is 0.0244. The first-order valence-corrected chi connectivity index (χ1v) is 6.60. The van der Waals surface area contributed by atoms with Crippen molar-refractivity contribution in [3.8, 4) is 11.4 Å². The Kier molecular flexibility index (Phi) is 3.38. The second-order valence-corrected chi connectivity index (χ2v) is 4.76. The van der Waals surface area contributed by atoms with Crippen LogP contribution < -0.4 is 5.73 Å². The molecule has 0 spiro atoms. The third-order valence-electron chi connectivity index (χ3n) is 3.50. The Morgan fingerprint density at radius 1 is 1.36 bits per heavy atom. The average molecular weight is 298 g/mol. The molecule has 112 valence electrons. The number of carbonyl (C=O) groups is 2. The Balaban J connectivity index is 2.28. The number of rotatable bonds is 4. The van der Waals surface area contributed by atoms with Crippen LogP contribution in [-0.4, -0.2) is 33.8 Å². The molecule has 0 aliphatic carbocycles. The van der Waals surface area contributed by atoms with Crippen LogP contribution in [0.3, 0.4) is 0 Å². The summed E-state index contributed by atoms with van der Waals surface area (Å²) in [6.45, 7) is 0.0244. The Morgan fingerprint density at radius 3 is 2.82 bits per heavy atom. The van der Waals surface area contributed by atoms with E-state index in [2.05, 4.69) is 10.2 Å². The number of carbonyl (C=O) groups excluding carboxylic acids is 2. The fourth-order valence-electron chi connectivity index (χ4n) is 2.49. The predicted octanol–water partition coefficient (Wildman–Crippen LogP) is 1.30. The van der Waals surface area contributed by atoms with Gasteiger partial charge < -0.3 is 15.0 Å². The van der Waals surface area contributed by atoms with E-state index < -0.39 is 5.91 Å². The van der Waals surface area contributed by atoms with Gasteiger partial charge in [-0.3, -0.25) is 14.7 Å². The van der Waals surface area contributed by atoms with Crippen molar-refractivity contribution in [3.05, 3.63) is 42.1 Å². The summed E-state index contributed by atoms with van der Waals surface area (Å²) in [5.74, 6) is -0.903. The molecule has 3 N–H and O–H groups in total. The van der Waals surface area contributed by atoms with E-state index in [4.69, 9.17) is 10.5 Å². The second-order valence-electron chi connectivity index (χ2n) is 4.76. The van der Waals surface area contributed by atoms with Gasteiger partial charge in [-0.05, 0) is 24.3 Å². The third-order valence-corrected chi connectivity index (χ3v) is 3.50. The maximum Gasteiger partial charge on any atom is 0.325 e. The van der Waals surface area contributed by atoms with Crippen molar-refractivity contribution in [1.82, 2.24) is 14.8 Å². The molecule has 3 aromatic rings. The average Bonchev–Trinajstić information content (AvgIpc) is 3.14. The van der Waals surface area contributed by atoms with Gasteiger partial charge >= 0.3 is 5.97 Å². The Morgan fingerprint density at radius 2 is 2.18 bits per heavy atom. The Labute approximate surface area is 125 Å². The van der Waals surface area contributed by atoms with E-state index in [1.807, 2.05) is 12.1 Å². The molecule has 2 aromatic heterocycles. The van der Waals surface area contributed by atoms with Gasteiger partial charge in [-0.1, -0.05) is 6.07 Å². The molecule has 0 saturated heterocycles. The number of ether oxygens (including phenoxy) is 1. The number of esters is 1. The molecule has 1 amide bonds. The van der Waals surface area contributed by atoms with Gasteiger partial charge in [0.15, 0.2) is 0 Å². The molecular formula is C15H14N4O3. The molecule has 22 heavy (non-hydrogen) atoms. The number of hydrogen-bond donors (Lipinski definition) is 2. The van der Waals surface area contributed by atoms with Gasteiger partial charge in [0, 0.05) is 22.7 Å². The van der Waals surface area contributed by atoms with Crippen molar-refractivity contribution in [2.45, 2.75) is 6.54 Å². The largest absolute Gasteiger partial charge is 0.468 e. The minimum Gasteiger partial charge on any atom is -0.468 e. The van der Waals surface area contributed by atoms with Crippen LogP contribution in [0.25, 0.3) is 22.3 Å². The summed E-state index contributed by atoms with van der Waals surface area (Å²) in [7, 11) is 1.33. The smallest absolute Gasteiger partial charge is 0.325 e. The molecule has 1 aromatic carbocycles. The van der Waals surface area contributed by atoms with Crippen molar-refractivity contribution >= 4 is 22.8 Å². The lowest BCUT2D eigenvalue weighted by Gasteiger charge is -2.08. The van der Waals surface area contributed by atoms with Crippen molar-refractivity contribution < 1.29 is 14.3 Å². The number of amides is 1. The normalized spacial score (nSPS) is 10.8. The van der Waals surface area contributed by atoms with E-state index in [9.17, 15) is 9.59 Å². The number of methoxy groups -OCH3 is 1. The first-order chi connectivity index (χ1) is 10.6. The summed E-state index contributed by atoms with van der Waals surface area (Å²) in [5, 5.41) is 7.46. The molecule has 0 aliphatic heterocycles. The van der Waals surface area contributed by atoms with Gasteiger partial charge in [0.25, 0.3) is 0 Å². The van der Waals surface area contributed by atoms with Crippen LogP contribution >= 0.6 is 0 Å². The topological polar surface area (TPSA) is 103 Å². The molecule has 0 aliphatic rings. The summed E-state index contributed by atoms with van der Waals surface area (Å²) >= 11 is 0. The van der Waals surface area contributed by atoms with Crippen LogP contribution in [0.1, 0.15) is 10.4 Å². The van der Waals surface area contributed by atoms with Crippen molar-refractivity contribution in [2.75, 3.05) is 7.11 Å². The zero-order chi connectivity index (χ0) is 15.7. The highest BCUT2D eigenvalue weighted by Gasteiger charge is 2.17. The lowest BCUT2D eigenvalue weighted by atomic mass is 10.1. The van der Waals surface area contributed by atoms with Crippen LogP contribution in [0.15, 0.2) is 36.5 Å². The number of H-pyrrole nitrogens is 1. The third kappa shape index (κ3) is 2.22. The first-order valence-electron chi connectivity index (χ1n) is 6.60. The second kappa shape index (κ2) is 5.36. The lowest BCUT2D eigenvalue weighted by Crippen LogP contribution is -2.13. The quantitative estimate of drug-likeness (QED) is 0.708. The monoisotopic (exact) mass is 298 g/mol. The van der Waals surface area contributed by atoms with Crippen LogP contribution in [0, 0.1) is 0 Å². The number of nitrogens with two attached hydrogens (primary N) is 1. The number of aromatic nitrogens is 3. The van der Waals surface area contributed by atoms with Crippen molar-refractivity contribution in [1.29, 1.82) is 0 Å². The number of aromatic amines is 1. The number of benzene rings is 1. The Hall–Kier alpha value is -3.09. The molecule has 3 rings (SSSR count). The SMILES string of the molecule is COC(=O)Cn1c(-c2ccn[nH]2)cc2c(C(N)=O)cccc21. The fourth-order valence-corrected chi connectivity index (χ4v) is 2.49. The van der Waals surface area contributed by atoms with E-state index in [1.54, 1.807) is 29.0 Å². The highest BCUT2D eigenvalue weighted by molar-refractivity contribution is 6.07. The first kappa shape index (κ1) is 13.9. The van der Waals surface area contributed by atoms with E-state index in [0.717, 1.165) is 16.9 Å². The van der Waals surface area contributed by atoms with E-state index >= 15 is 0 Å². The van der Waals surface area contributed by atoms with Gasteiger partial charge in [0.2, 0.25) is 5.91 Å². The number of fused-ring (bicyclic) bond motifs is 1. The molecule has 0 saturated carbocycles. The van der Waals surface area contributed by atoms with E-state index in [-0.39, 0.29) is 12.5 Å². The van der Waals surface area contributed by atoms with Gasteiger partial charge in [-0.15, -0.1) is 0 Å². The van der Waals surface area contributed by atoms with Crippen LogP contribution in [0.5, 0.6) is 0 Å². The number of hydrogen-bond acceptors (Lipinski definition) is 4. The van der Waals surface area contributed by atoms with Crippen molar-refractivity contribution in [2.24, 2.45) is 5.73 Å². The summed E-state index contributed by atoms with van der Waals surface area (Å²) in [5.41, 5.74) is 8.02. The number of primary amides is 1. The molecule has 7 nitrogen and oxygen atoms in total. The summed E-state index contributed by atoms with van der Waals surface area (Å²) < 4.78 is 6.51. The van der Waals surface area contributed by atoms with Gasteiger partial charge in [0.05, 0.1) is 18.5 Å². The number of nitrogens with zero attached hydrogens (tertiary/aromatic N) is 2. The van der Waals surface area contributed by atoms with Gasteiger partial charge in [-0.2, -0.15) is 5.10 Å². The highest BCUT2D eigenvalue weighted by atomic mass is 16.5. The summed E-state index contributed by atoms with van der Waals surface area (Å²) in [4.78, 5) is 23.3. The predicted molar refractivity (Wildman–Crippen MR) is 80.1 cm³/mol. The van der Waals surface area contributed by atoms with Crippen molar-refractivity contribution in [3.63, 3.8) is 0 Å². The summed E-state index contributed by atoms with van der Waals surface area (Å²) in [6.07, 6.45) is 1.62. The molecule has 2 heterocycles. The molecule has 0 fully saturated rings. The van der Waals surface area contributed by atoms with E-state index in [0.29, 0.717) is 10.9 Å². The molecule has 7 heteroatoms. The maximum absolute atomic E-state index is 11.7. The minimum atomic E-state index is -0.517. The number of nitrogens with one attached hydrogen (secondary N) is 1. The maximum atomic E-state index is 11.7. The molecule has 0 bridgehead atoms. The standard InChI is InChI=1S/C15H14N4O3/c1-22-14(20)8-19-12-4-2-3-9(15(16)21)10(12)7-13(19)11-5-6-17-18-11/h2-7H,8H2,1H3,(H2,16,21)(H,17,18). The molecule has 0 radical (unpaired) electrons. The zero-order valence-corrected chi connectivity index (χ0v) is 11.9. The van der Waals surface area contributed by atoms with Gasteiger partial charge in [0.1, 0.15) is 6.54 Å². The zero-order valence-electron chi connectivity index (χ0n) is 11.9.